The summed E-state index contributed by atoms with van der Waals surface area (Å²) in [5.41, 5.74) is 1.01. The second-order valence-electron chi connectivity index (χ2n) is 3.86. The monoisotopic (exact) mass is 263 g/mol. The molecule has 2 rings (SSSR count). The van der Waals surface area contributed by atoms with Crippen molar-refractivity contribution in [1.29, 1.82) is 0 Å². The minimum absolute atomic E-state index is 0.152. The third kappa shape index (κ3) is 2.35. The summed E-state index contributed by atoms with van der Waals surface area (Å²) in [4.78, 5) is 23.6. The summed E-state index contributed by atoms with van der Waals surface area (Å²) in [6, 6.07) is 3.13. The van der Waals surface area contributed by atoms with Crippen molar-refractivity contribution in [2.75, 3.05) is 12.4 Å². The van der Waals surface area contributed by atoms with E-state index in [1.54, 1.807) is 20.0 Å². The zero-order valence-electron chi connectivity index (χ0n) is 10.8. The first kappa shape index (κ1) is 12.9. The minimum atomic E-state index is -0.571. The molecule has 0 aliphatic rings. The molecule has 2 heterocycles. The van der Waals surface area contributed by atoms with Crippen molar-refractivity contribution in [3.63, 3.8) is 0 Å². The molecule has 2 aromatic heterocycles. The highest BCUT2D eigenvalue weighted by atomic mass is 16.5. The summed E-state index contributed by atoms with van der Waals surface area (Å²) >= 11 is 0. The molecule has 2 aromatic rings. The van der Waals surface area contributed by atoms with E-state index in [1.807, 2.05) is 0 Å². The fourth-order valence-corrected chi connectivity index (χ4v) is 1.72. The van der Waals surface area contributed by atoms with Gasteiger partial charge in [-0.3, -0.25) is 9.48 Å². The molecule has 0 fully saturated rings. The average molecular weight is 263 g/mol. The Morgan fingerprint density at radius 3 is 2.79 bits per heavy atom. The van der Waals surface area contributed by atoms with E-state index in [0.29, 0.717) is 11.4 Å². The van der Waals surface area contributed by atoms with Crippen LogP contribution in [-0.2, 0) is 11.8 Å². The van der Waals surface area contributed by atoms with Gasteiger partial charge in [0.15, 0.2) is 11.5 Å². The van der Waals surface area contributed by atoms with Crippen molar-refractivity contribution >= 4 is 17.6 Å². The van der Waals surface area contributed by atoms with Crippen LogP contribution in [-0.4, -0.2) is 28.8 Å². The van der Waals surface area contributed by atoms with Crippen LogP contribution < -0.4 is 5.32 Å². The summed E-state index contributed by atoms with van der Waals surface area (Å²) in [7, 11) is 2.87. The lowest BCUT2D eigenvalue weighted by Crippen LogP contribution is -2.16. The van der Waals surface area contributed by atoms with Gasteiger partial charge in [0.25, 0.3) is 5.91 Å². The molecule has 0 aliphatic heterocycles. The van der Waals surface area contributed by atoms with Crippen LogP contribution in [0.3, 0.4) is 0 Å². The highest BCUT2D eigenvalue weighted by Crippen LogP contribution is 2.21. The van der Waals surface area contributed by atoms with Crippen LogP contribution in [0, 0.1) is 6.92 Å². The number of anilines is 1. The fraction of sp³-hybridized carbons (Fsp3) is 0.250. The zero-order chi connectivity index (χ0) is 14.0. The van der Waals surface area contributed by atoms with Gasteiger partial charge in [0.2, 0.25) is 0 Å². The predicted molar refractivity (Wildman–Crippen MR) is 65.9 cm³/mol. The van der Waals surface area contributed by atoms with Crippen molar-refractivity contribution in [2.24, 2.45) is 7.05 Å². The number of hydrogen-bond donors (Lipinski definition) is 1. The molecule has 0 saturated heterocycles. The van der Waals surface area contributed by atoms with Crippen LogP contribution in [0.1, 0.15) is 26.7 Å². The van der Waals surface area contributed by atoms with E-state index in [-0.39, 0.29) is 11.5 Å². The number of rotatable bonds is 3. The molecular weight excluding hydrogens is 250 g/mol. The van der Waals surface area contributed by atoms with Crippen LogP contribution in [0.2, 0.25) is 0 Å². The summed E-state index contributed by atoms with van der Waals surface area (Å²) < 4.78 is 11.0. The number of carbonyl (C=O) groups excluding carboxylic acids is 2. The zero-order valence-corrected chi connectivity index (χ0v) is 10.8. The van der Waals surface area contributed by atoms with Gasteiger partial charge >= 0.3 is 5.97 Å². The van der Waals surface area contributed by atoms with Gasteiger partial charge in [0.1, 0.15) is 0 Å². The maximum atomic E-state index is 11.9. The smallest absolute Gasteiger partial charge is 0.358 e. The Hall–Kier alpha value is -2.57. The number of ether oxygens (including phenoxy) is 1. The van der Waals surface area contributed by atoms with Crippen molar-refractivity contribution in [3.05, 3.63) is 35.5 Å². The number of methoxy groups -OCH3 is 1. The van der Waals surface area contributed by atoms with Crippen LogP contribution in [0.4, 0.5) is 5.69 Å². The largest absolute Gasteiger partial charge is 0.464 e. The summed E-state index contributed by atoms with van der Waals surface area (Å²) in [6.07, 6.45) is 1.40. The van der Waals surface area contributed by atoms with Crippen LogP contribution in [0.5, 0.6) is 0 Å². The number of furan rings is 1. The fourth-order valence-electron chi connectivity index (χ4n) is 1.72. The molecule has 0 spiro atoms. The summed E-state index contributed by atoms with van der Waals surface area (Å²) in [5.74, 6) is -0.872. The van der Waals surface area contributed by atoms with Crippen LogP contribution in [0.25, 0.3) is 0 Å². The number of carbonyl (C=O) groups is 2. The second kappa shape index (κ2) is 4.97. The van der Waals surface area contributed by atoms with Gasteiger partial charge in [-0.15, -0.1) is 0 Å². The molecule has 0 aliphatic carbocycles. The number of nitrogens with one attached hydrogen (secondary N) is 1. The number of aryl methyl sites for hydroxylation is 2. The lowest BCUT2D eigenvalue weighted by atomic mass is 10.3. The van der Waals surface area contributed by atoms with Crippen molar-refractivity contribution < 1.29 is 18.7 Å². The molecular formula is C12H13N3O4. The van der Waals surface area contributed by atoms with Gasteiger partial charge in [-0.1, -0.05) is 0 Å². The minimum Gasteiger partial charge on any atom is -0.464 e. The van der Waals surface area contributed by atoms with E-state index in [9.17, 15) is 9.59 Å². The maximum absolute atomic E-state index is 11.9. The van der Waals surface area contributed by atoms with Gasteiger partial charge in [-0.05, 0) is 19.1 Å². The molecule has 19 heavy (non-hydrogen) atoms. The lowest BCUT2D eigenvalue weighted by Gasteiger charge is -2.05. The van der Waals surface area contributed by atoms with Gasteiger partial charge < -0.3 is 14.5 Å². The number of esters is 1. The van der Waals surface area contributed by atoms with E-state index in [2.05, 4.69) is 15.2 Å². The molecule has 0 radical (unpaired) electrons. The highest BCUT2D eigenvalue weighted by molar-refractivity contribution is 6.06. The average Bonchev–Trinajstić information content (AvgIpc) is 2.98. The summed E-state index contributed by atoms with van der Waals surface area (Å²) in [6.45, 7) is 1.68. The van der Waals surface area contributed by atoms with Crippen LogP contribution in [0.15, 0.2) is 22.8 Å². The molecule has 7 heteroatoms. The topological polar surface area (TPSA) is 86.4 Å². The third-order valence-corrected chi connectivity index (χ3v) is 2.58. The van der Waals surface area contributed by atoms with E-state index >= 15 is 0 Å². The summed E-state index contributed by atoms with van der Waals surface area (Å²) in [5, 5.41) is 6.69. The Morgan fingerprint density at radius 1 is 1.47 bits per heavy atom. The number of aromatic nitrogens is 2. The normalized spacial score (nSPS) is 10.3. The van der Waals surface area contributed by atoms with Crippen LogP contribution >= 0.6 is 0 Å². The Bertz CT molecular complexity index is 613. The molecule has 1 amide bonds. The second-order valence-corrected chi connectivity index (χ2v) is 3.86. The maximum Gasteiger partial charge on any atom is 0.358 e. The van der Waals surface area contributed by atoms with E-state index in [4.69, 9.17) is 4.42 Å². The molecule has 7 nitrogen and oxygen atoms in total. The molecule has 1 N–H and O–H groups in total. The van der Waals surface area contributed by atoms with Gasteiger partial charge in [-0.2, -0.15) is 5.10 Å². The van der Waals surface area contributed by atoms with Crippen molar-refractivity contribution in [1.82, 2.24) is 9.78 Å². The number of nitrogens with zero attached hydrogens (tertiary/aromatic N) is 2. The Balaban J connectivity index is 2.35. The molecule has 0 aromatic carbocycles. The van der Waals surface area contributed by atoms with Crippen molar-refractivity contribution in [2.45, 2.75) is 6.92 Å². The van der Waals surface area contributed by atoms with E-state index < -0.39 is 11.9 Å². The third-order valence-electron chi connectivity index (χ3n) is 2.58. The number of hydrogen-bond acceptors (Lipinski definition) is 5. The lowest BCUT2D eigenvalue weighted by molar-refractivity contribution is 0.0589. The Labute approximate surface area is 109 Å². The highest BCUT2D eigenvalue weighted by Gasteiger charge is 2.23. The molecule has 0 unspecified atom stereocenters. The molecule has 0 bridgehead atoms. The quantitative estimate of drug-likeness (QED) is 0.845. The molecule has 0 atom stereocenters. The van der Waals surface area contributed by atoms with Crippen molar-refractivity contribution in [3.8, 4) is 0 Å². The standard InChI is InChI=1S/C12H13N3O4/c1-7-9(10(12(17)18-3)15(2)14-7)13-11(16)8-5-4-6-19-8/h4-6H,1-3H3,(H,13,16). The predicted octanol–water partition coefficient (Wildman–Crippen LogP) is 1.36. The van der Waals surface area contributed by atoms with E-state index in [1.165, 1.54) is 24.1 Å². The van der Waals surface area contributed by atoms with Gasteiger partial charge in [-0.25, -0.2) is 4.79 Å². The van der Waals surface area contributed by atoms with E-state index in [0.717, 1.165) is 0 Å². The molecule has 100 valence electrons. The van der Waals surface area contributed by atoms with Gasteiger partial charge in [0.05, 0.1) is 24.8 Å². The first-order valence-electron chi connectivity index (χ1n) is 5.51. The van der Waals surface area contributed by atoms with Gasteiger partial charge in [0, 0.05) is 7.05 Å². The number of amides is 1. The molecule has 0 saturated carbocycles. The first-order chi connectivity index (χ1) is 9.04. The SMILES string of the molecule is COC(=O)c1c(NC(=O)c2ccco2)c(C)nn1C. The Kier molecular flexibility index (Phi) is 3.37. The Morgan fingerprint density at radius 2 is 2.21 bits per heavy atom. The first-order valence-corrected chi connectivity index (χ1v) is 5.51.